The van der Waals surface area contributed by atoms with Crippen molar-refractivity contribution in [3.63, 3.8) is 0 Å². The second-order valence-electron chi connectivity index (χ2n) is 6.30. The Morgan fingerprint density at radius 3 is 2.76 bits per heavy atom. The van der Waals surface area contributed by atoms with Crippen molar-refractivity contribution in [2.24, 2.45) is 5.41 Å². The van der Waals surface area contributed by atoms with Crippen molar-refractivity contribution in [3.8, 4) is 5.75 Å². The Morgan fingerprint density at radius 2 is 2.14 bits per heavy atom. The summed E-state index contributed by atoms with van der Waals surface area (Å²) >= 11 is 0. The fourth-order valence-corrected chi connectivity index (χ4v) is 2.94. The van der Waals surface area contributed by atoms with Gasteiger partial charge >= 0.3 is 0 Å². The zero-order valence-electron chi connectivity index (χ0n) is 13.4. The summed E-state index contributed by atoms with van der Waals surface area (Å²) in [6, 6.07) is 8.08. The lowest BCUT2D eigenvalue weighted by molar-refractivity contribution is 0.0869. The molecular formula is C18H29NO2. The Bertz CT molecular complexity index is 423. The van der Waals surface area contributed by atoms with Crippen molar-refractivity contribution in [1.29, 1.82) is 0 Å². The standard InChI is InChI=1S/C18H29NO2/c1-3-15-7-5-8-17(11-15)21-13-16(20)12-19-14-18(4-2)9-6-10-18/h5,7-8,11,16,19-20H,3-4,6,9-10,12-14H2,1-2H3. The van der Waals surface area contributed by atoms with Gasteiger partial charge in [-0.2, -0.15) is 0 Å². The second kappa shape index (κ2) is 7.81. The summed E-state index contributed by atoms with van der Waals surface area (Å²) in [6.07, 6.45) is 5.79. The maximum Gasteiger partial charge on any atom is 0.119 e. The van der Waals surface area contributed by atoms with Gasteiger partial charge in [0.25, 0.3) is 0 Å². The van der Waals surface area contributed by atoms with E-state index in [1.54, 1.807) is 0 Å². The van der Waals surface area contributed by atoms with Crippen LogP contribution in [-0.4, -0.2) is 30.9 Å². The summed E-state index contributed by atoms with van der Waals surface area (Å²) in [5.41, 5.74) is 1.76. The van der Waals surface area contributed by atoms with Gasteiger partial charge in [-0.15, -0.1) is 0 Å². The lowest BCUT2D eigenvalue weighted by Crippen LogP contribution is -2.42. The largest absolute Gasteiger partial charge is 0.491 e. The highest BCUT2D eigenvalue weighted by Crippen LogP contribution is 2.42. The fourth-order valence-electron chi connectivity index (χ4n) is 2.94. The first-order valence-corrected chi connectivity index (χ1v) is 8.28. The lowest BCUT2D eigenvalue weighted by Gasteiger charge is -2.41. The van der Waals surface area contributed by atoms with Crippen LogP contribution in [0.3, 0.4) is 0 Å². The lowest BCUT2D eigenvalue weighted by atomic mass is 9.67. The zero-order valence-corrected chi connectivity index (χ0v) is 13.4. The molecule has 0 amide bonds. The molecule has 0 aliphatic heterocycles. The number of ether oxygens (including phenoxy) is 1. The van der Waals surface area contributed by atoms with Gasteiger partial charge in [-0.1, -0.05) is 32.4 Å². The highest BCUT2D eigenvalue weighted by Gasteiger charge is 2.34. The average molecular weight is 291 g/mol. The molecule has 0 spiro atoms. The Morgan fingerprint density at radius 1 is 1.33 bits per heavy atom. The first kappa shape index (κ1) is 16.3. The van der Waals surface area contributed by atoms with Crippen LogP contribution in [0.4, 0.5) is 0 Å². The number of hydrogen-bond donors (Lipinski definition) is 2. The average Bonchev–Trinajstić information content (AvgIpc) is 2.48. The van der Waals surface area contributed by atoms with Crippen LogP contribution in [0.1, 0.15) is 45.1 Å². The molecule has 1 aliphatic carbocycles. The van der Waals surface area contributed by atoms with Crippen LogP contribution in [0.25, 0.3) is 0 Å². The van der Waals surface area contributed by atoms with E-state index >= 15 is 0 Å². The smallest absolute Gasteiger partial charge is 0.119 e. The number of aryl methyl sites for hydroxylation is 1. The van der Waals surface area contributed by atoms with Gasteiger partial charge in [0.05, 0.1) is 0 Å². The monoisotopic (exact) mass is 291 g/mol. The molecule has 118 valence electrons. The van der Waals surface area contributed by atoms with E-state index in [1.807, 2.05) is 18.2 Å². The van der Waals surface area contributed by atoms with Gasteiger partial charge in [0.15, 0.2) is 0 Å². The highest BCUT2D eigenvalue weighted by molar-refractivity contribution is 5.28. The van der Waals surface area contributed by atoms with Crippen molar-refractivity contribution in [1.82, 2.24) is 5.32 Å². The summed E-state index contributed by atoms with van der Waals surface area (Å²) in [7, 11) is 0. The number of hydrogen-bond acceptors (Lipinski definition) is 3. The van der Waals surface area contributed by atoms with Crippen LogP contribution in [0, 0.1) is 5.41 Å². The summed E-state index contributed by atoms with van der Waals surface area (Å²) in [5.74, 6) is 0.845. The van der Waals surface area contributed by atoms with Crippen LogP contribution >= 0.6 is 0 Å². The molecule has 1 aliphatic rings. The molecule has 2 rings (SSSR count). The fraction of sp³-hybridized carbons (Fsp3) is 0.667. The molecule has 0 heterocycles. The Kier molecular flexibility index (Phi) is 6.07. The van der Waals surface area contributed by atoms with Crippen LogP contribution in [0.15, 0.2) is 24.3 Å². The van der Waals surface area contributed by atoms with E-state index in [2.05, 4.69) is 25.2 Å². The van der Waals surface area contributed by atoms with Gasteiger partial charge in [-0.05, 0) is 48.8 Å². The normalized spacial score (nSPS) is 18.0. The summed E-state index contributed by atoms with van der Waals surface area (Å²) in [4.78, 5) is 0. The zero-order chi connectivity index (χ0) is 15.1. The van der Waals surface area contributed by atoms with Crippen LogP contribution in [0.2, 0.25) is 0 Å². The molecule has 1 atom stereocenters. The number of aliphatic hydroxyl groups excluding tert-OH is 1. The van der Waals surface area contributed by atoms with Gasteiger partial charge in [0.2, 0.25) is 0 Å². The van der Waals surface area contributed by atoms with E-state index in [0.29, 0.717) is 18.6 Å². The van der Waals surface area contributed by atoms with E-state index in [1.165, 1.54) is 31.2 Å². The summed E-state index contributed by atoms with van der Waals surface area (Å²) < 4.78 is 5.67. The third-order valence-corrected chi connectivity index (χ3v) is 4.79. The Balaban J connectivity index is 1.66. The van der Waals surface area contributed by atoms with E-state index in [4.69, 9.17) is 4.74 Å². The molecule has 0 aromatic heterocycles. The van der Waals surface area contributed by atoms with E-state index in [0.717, 1.165) is 18.7 Å². The predicted molar refractivity (Wildman–Crippen MR) is 86.8 cm³/mol. The number of rotatable bonds is 9. The van der Waals surface area contributed by atoms with Gasteiger partial charge in [-0.3, -0.25) is 0 Å². The first-order chi connectivity index (χ1) is 10.2. The van der Waals surface area contributed by atoms with Gasteiger partial charge in [0.1, 0.15) is 18.5 Å². The minimum Gasteiger partial charge on any atom is -0.491 e. The summed E-state index contributed by atoms with van der Waals surface area (Å²) in [6.45, 7) is 6.36. The minimum atomic E-state index is -0.454. The van der Waals surface area contributed by atoms with Crippen LogP contribution in [-0.2, 0) is 6.42 Å². The molecule has 3 nitrogen and oxygen atoms in total. The Hall–Kier alpha value is -1.06. The molecule has 1 unspecified atom stereocenters. The van der Waals surface area contributed by atoms with E-state index in [9.17, 15) is 5.11 Å². The predicted octanol–water partition coefficient (Wildman–Crippen LogP) is 3.16. The highest BCUT2D eigenvalue weighted by atomic mass is 16.5. The van der Waals surface area contributed by atoms with E-state index < -0.39 is 6.10 Å². The molecular weight excluding hydrogens is 262 g/mol. The topological polar surface area (TPSA) is 41.5 Å². The van der Waals surface area contributed by atoms with Crippen molar-refractivity contribution in [2.75, 3.05) is 19.7 Å². The summed E-state index contributed by atoms with van der Waals surface area (Å²) in [5, 5.41) is 13.4. The van der Waals surface area contributed by atoms with Crippen molar-refractivity contribution in [3.05, 3.63) is 29.8 Å². The minimum absolute atomic E-state index is 0.347. The molecule has 1 aromatic rings. The molecule has 1 aromatic carbocycles. The molecule has 0 bridgehead atoms. The van der Waals surface area contributed by atoms with Crippen LogP contribution in [0.5, 0.6) is 5.75 Å². The van der Waals surface area contributed by atoms with Crippen molar-refractivity contribution >= 4 is 0 Å². The molecule has 21 heavy (non-hydrogen) atoms. The number of nitrogens with one attached hydrogen (secondary N) is 1. The van der Waals surface area contributed by atoms with Crippen molar-refractivity contribution < 1.29 is 9.84 Å². The Labute approximate surface area is 128 Å². The van der Waals surface area contributed by atoms with Gasteiger partial charge < -0.3 is 15.2 Å². The second-order valence-corrected chi connectivity index (χ2v) is 6.30. The number of benzene rings is 1. The third kappa shape index (κ3) is 4.72. The molecule has 0 saturated heterocycles. The van der Waals surface area contributed by atoms with Crippen LogP contribution < -0.4 is 10.1 Å². The van der Waals surface area contributed by atoms with Gasteiger partial charge in [0, 0.05) is 13.1 Å². The molecule has 1 fully saturated rings. The van der Waals surface area contributed by atoms with Gasteiger partial charge in [-0.25, -0.2) is 0 Å². The quantitative estimate of drug-likeness (QED) is 0.734. The third-order valence-electron chi connectivity index (χ3n) is 4.79. The molecule has 1 saturated carbocycles. The molecule has 3 heteroatoms. The first-order valence-electron chi connectivity index (χ1n) is 8.28. The maximum atomic E-state index is 10.0. The van der Waals surface area contributed by atoms with E-state index in [-0.39, 0.29) is 0 Å². The molecule has 2 N–H and O–H groups in total. The SMILES string of the molecule is CCc1cccc(OCC(O)CNCC2(CC)CCC2)c1. The number of aliphatic hydroxyl groups is 1. The van der Waals surface area contributed by atoms with Crippen molar-refractivity contribution in [2.45, 2.75) is 52.1 Å². The maximum absolute atomic E-state index is 10.0. The molecule has 0 radical (unpaired) electrons.